The second-order valence-electron chi connectivity index (χ2n) is 4.66. The minimum Gasteiger partial charge on any atom is -0.490 e. The Bertz CT molecular complexity index is 635. The maximum Gasteiger partial charge on any atom is 0.193 e. The van der Waals surface area contributed by atoms with Gasteiger partial charge in [-0.15, -0.1) is 0 Å². The van der Waals surface area contributed by atoms with Crippen LogP contribution in [0.2, 0.25) is 0 Å². The van der Waals surface area contributed by atoms with Gasteiger partial charge in [-0.1, -0.05) is 0 Å². The maximum atomic E-state index is 12.4. The number of hydrogen-bond donors (Lipinski definition) is 1. The fourth-order valence-electron chi connectivity index (χ4n) is 2.11. The van der Waals surface area contributed by atoms with Crippen LogP contribution < -0.4 is 15.2 Å². The molecule has 1 aliphatic heterocycles. The van der Waals surface area contributed by atoms with Crippen molar-refractivity contribution in [3.05, 3.63) is 53.6 Å². The average Bonchev–Trinajstić information content (AvgIpc) is 2.71. The van der Waals surface area contributed by atoms with Gasteiger partial charge < -0.3 is 15.2 Å². The van der Waals surface area contributed by atoms with Gasteiger partial charge >= 0.3 is 0 Å². The predicted octanol–water partition coefficient (Wildman–Crippen LogP) is 2.66. The summed E-state index contributed by atoms with van der Waals surface area (Å²) < 4.78 is 11.1. The van der Waals surface area contributed by atoms with Crippen molar-refractivity contribution >= 4 is 11.5 Å². The summed E-state index contributed by atoms with van der Waals surface area (Å²) in [4.78, 5) is 12.4. The Kier molecular flexibility index (Phi) is 3.29. The van der Waals surface area contributed by atoms with Crippen LogP contribution in [0, 0.1) is 0 Å². The highest BCUT2D eigenvalue weighted by atomic mass is 16.5. The van der Waals surface area contributed by atoms with Crippen molar-refractivity contribution in [3.63, 3.8) is 0 Å². The number of ether oxygens (including phenoxy) is 2. The molecule has 0 radical (unpaired) electrons. The molecule has 0 saturated carbocycles. The van der Waals surface area contributed by atoms with E-state index in [0.717, 1.165) is 6.42 Å². The molecule has 2 N–H and O–H groups in total. The zero-order valence-electron chi connectivity index (χ0n) is 11.0. The van der Waals surface area contributed by atoms with Gasteiger partial charge in [0.1, 0.15) is 0 Å². The van der Waals surface area contributed by atoms with Crippen LogP contribution in [0.3, 0.4) is 0 Å². The highest BCUT2D eigenvalue weighted by Crippen LogP contribution is 2.31. The molecular weight excluding hydrogens is 254 g/mol. The number of nitrogen functional groups attached to an aromatic ring is 1. The van der Waals surface area contributed by atoms with Crippen molar-refractivity contribution in [2.75, 3.05) is 18.9 Å². The molecule has 0 atom stereocenters. The summed E-state index contributed by atoms with van der Waals surface area (Å²) in [6, 6.07) is 12.2. The lowest BCUT2D eigenvalue weighted by Crippen LogP contribution is -2.02. The molecular formula is C16H15NO3. The molecule has 20 heavy (non-hydrogen) atoms. The number of anilines is 1. The Balaban J connectivity index is 1.92. The molecule has 3 rings (SSSR count). The van der Waals surface area contributed by atoms with Crippen LogP contribution in [-0.2, 0) is 0 Å². The van der Waals surface area contributed by atoms with Gasteiger partial charge in [0.15, 0.2) is 17.3 Å². The zero-order valence-corrected chi connectivity index (χ0v) is 11.0. The number of carbonyl (C=O) groups is 1. The topological polar surface area (TPSA) is 61.6 Å². The fraction of sp³-hybridized carbons (Fsp3) is 0.188. The Hall–Kier alpha value is -2.49. The molecule has 0 fully saturated rings. The van der Waals surface area contributed by atoms with E-state index in [2.05, 4.69) is 0 Å². The van der Waals surface area contributed by atoms with Gasteiger partial charge in [0.2, 0.25) is 0 Å². The number of ketones is 1. The molecule has 0 aliphatic carbocycles. The molecule has 0 aromatic heterocycles. The van der Waals surface area contributed by atoms with Crippen LogP contribution in [0.1, 0.15) is 22.3 Å². The second kappa shape index (κ2) is 5.25. The quantitative estimate of drug-likeness (QED) is 0.672. The third kappa shape index (κ3) is 2.45. The molecule has 102 valence electrons. The predicted molar refractivity (Wildman–Crippen MR) is 76.3 cm³/mol. The van der Waals surface area contributed by atoms with Gasteiger partial charge in [-0.3, -0.25) is 4.79 Å². The van der Waals surface area contributed by atoms with Crippen molar-refractivity contribution in [2.24, 2.45) is 0 Å². The van der Waals surface area contributed by atoms with Gasteiger partial charge in [0, 0.05) is 23.2 Å². The highest BCUT2D eigenvalue weighted by molar-refractivity contribution is 6.09. The SMILES string of the molecule is Nc1ccc(C(=O)c2ccc3c(c2)OCCCO3)cc1. The van der Waals surface area contributed by atoms with Crippen LogP contribution in [0.5, 0.6) is 11.5 Å². The van der Waals surface area contributed by atoms with Crippen LogP contribution in [0.25, 0.3) is 0 Å². The number of nitrogens with two attached hydrogens (primary N) is 1. The van der Waals surface area contributed by atoms with E-state index >= 15 is 0 Å². The average molecular weight is 269 g/mol. The number of benzene rings is 2. The van der Waals surface area contributed by atoms with Crippen molar-refractivity contribution in [2.45, 2.75) is 6.42 Å². The summed E-state index contributed by atoms with van der Waals surface area (Å²) >= 11 is 0. The second-order valence-corrected chi connectivity index (χ2v) is 4.66. The zero-order chi connectivity index (χ0) is 13.9. The first-order valence-electron chi connectivity index (χ1n) is 6.54. The molecule has 0 spiro atoms. The van der Waals surface area contributed by atoms with Gasteiger partial charge in [0.05, 0.1) is 13.2 Å². The lowest BCUT2D eigenvalue weighted by atomic mass is 10.0. The lowest BCUT2D eigenvalue weighted by Gasteiger charge is -2.09. The summed E-state index contributed by atoms with van der Waals surface area (Å²) in [5.74, 6) is 1.26. The highest BCUT2D eigenvalue weighted by Gasteiger charge is 2.15. The molecule has 0 amide bonds. The van der Waals surface area contributed by atoms with Crippen LogP contribution in [-0.4, -0.2) is 19.0 Å². The molecule has 1 aliphatic rings. The van der Waals surface area contributed by atoms with E-state index in [9.17, 15) is 4.79 Å². The first kappa shape index (κ1) is 12.5. The molecule has 2 aromatic rings. The van der Waals surface area contributed by atoms with Crippen LogP contribution in [0.15, 0.2) is 42.5 Å². The van der Waals surface area contributed by atoms with E-state index in [1.165, 1.54) is 0 Å². The van der Waals surface area contributed by atoms with E-state index in [4.69, 9.17) is 15.2 Å². The number of rotatable bonds is 2. The summed E-state index contributed by atoms with van der Waals surface area (Å²) in [5.41, 5.74) is 7.45. The Morgan fingerprint density at radius 3 is 2.30 bits per heavy atom. The van der Waals surface area contributed by atoms with Crippen molar-refractivity contribution in [1.29, 1.82) is 0 Å². The minimum absolute atomic E-state index is 0.0550. The third-order valence-electron chi connectivity index (χ3n) is 3.18. The largest absolute Gasteiger partial charge is 0.490 e. The molecule has 0 saturated heterocycles. The normalized spacial score (nSPS) is 13.6. The Labute approximate surface area is 117 Å². The lowest BCUT2D eigenvalue weighted by molar-refractivity contribution is 0.103. The van der Waals surface area contributed by atoms with E-state index in [1.807, 2.05) is 0 Å². The van der Waals surface area contributed by atoms with E-state index < -0.39 is 0 Å². The molecule has 1 heterocycles. The number of fused-ring (bicyclic) bond motifs is 1. The van der Waals surface area contributed by atoms with E-state index in [0.29, 0.717) is 41.5 Å². The fourth-order valence-corrected chi connectivity index (χ4v) is 2.11. The van der Waals surface area contributed by atoms with Crippen LogP contribution >= 0.6 is 0 Å². The van der Waals surface area contributed by atoms with Crippen molar-refractivity contribution in [1.82, 2.24) is 0 Å². The van der Waals surface area contributed by atoms with Crippen molar-refractivity contribution < 1.29 is 14.3 Å². The first-order valence-corrected chi connectivity index (χ1v) is 6.54. The Morgan fingerprint density at radius 2 is 1.55 bits per heavy atom. The standard InChI is InChI=1S/C16H15NO3/c17-13-5-2-11(3-6-13)16(18)12-4-7-14-15(10-12)20-9-1-8-19-14/h2-7,10H,1,8-9,17H2. The number of hydrogen-bond acceptors (Lipinski definition) is 4. The third-order valence-corrected chi connectivity index (χ3v) is 3.18. The van der Waals surface area contributed by atoms with Gasteiger partial charge in [0.25, 0.3) is 0 Å². The smallest absolute Gasteiger partial charge is 0.193 e. The molecule has 2 aromatic carbocycles. The van der Waals surface area contributed by atoms with E-state index in [1.54, 1.807) is 42.5 Å². The molecule has 0 bridgehead atoms. The molecule has 0 unspecified atom stereocenters. The molecule has 4 heteroatoms. The van der Waals surface area contributed by atoms with E-state index in [-0.39, 0.29) is 5.78 Å². The van der Waals surface area contributed by atoms with Crippen molar-refractivity contribution in [3.8, 4) is 11.5 Å². The summed E-state index contributed by atoms with van der Waals surface area (Å²) in [6.45, 7) is 1.24. The summed E-state index contributed by atoms with van der Waals surface area (Å²) in [7, 11) is 0. The van der Waals surface area contributed by atoms with Crippen LogP contribution in [0.4, 0.5) is 5.69 Å². The minimum atomic E-state index is -0.0550. The number of carbonyl (C=O) groups excluding carboxylic acids is 1. The molecule has 4 nitrogen and oxygen atoms in total. The van der Waals surface area contributed by atoms with Gasteiger partial charge in [-0.25, -0.2) is 0 Å². The summed E-state index contributed by atoms with van der Waals surface area (Å²) in [6.07, 6.45) is 0.843. The Morgan fingerprint density at radius 1 is 0.900 bits per heavy atom. The monoisotopic (exact) mass is 269 g/mol. The first-order chi connectivity index (χ1) is 9.74. The van der Waals surface area contributed by atoms with Gasteiger partial charge in [-0.2, -0.15) is 0 Å². The maximum absolute atomic E-state index is 12.4. The summed E-state index contributed by atoms with van der Waals surface area (Å²) in [5, 5.41) is 0. The van der Waals surface area contributed by atoms with Gasteiger partial charge in [-0.05, 0) is 42.5 Å².